The third-order valence-electron chi connectivity index (χ3n) is 2.84. The molecule has 2 aromatic rings. The molecule has 0 aliphatic carbocycles. The zero-order valence-corrected chi connectivity index (χ0v) is 11.8. The van der Waals surface area contributed by atoms with Crippen LogP contribution in [0.25, 0.3) is 0 Å². The molecular weight excluding hydrogens is 268 g/mol. The molecule has 0 saturated heterocycles. The lowest BCUT2D eigenvalue weighted by Gasteiger charge is -2.11. The van der Waals surface area contributed by atoms with Gasteiger partial charge < -0.3 is 20.5 Å². The van der Waals surface area contributed by atoms with Crippen molar-refractivity contribution in [3.05, 3.63) is 48.5 Å². The van der Waals surface area contributed by atoms with Gasteiger partial charge in [-0.05, 0) is 30.3 Å². The summed E-state index contributed by atoms with van der Waals surface area (Å²) in [5.74, 6) is 1.16. The second-order valence-electron chi connectivity index (χ2n) is 4.42. The Morgan fingerprint density at radius 3 is 2.67 bits per heavy atom. The predicted molar refractivity (Wildman–Crippen MR) is 82.6 cm³/mol. The lowest BCUT2D eigenvalue weighted by Crippen LogP contribution is -2.15. The summed E-state index contributed by atoms with van der Waals surface area (Å²) in [4.78, 5) is 11.9. The minimum atomic E-state index is -0.158. The summed E-state index contributed by atoms with van der Waals surface area (Å²) in [5.41, 5.74) is 6.82. The van der Waals surface area contributed by atoms with E-state index in [1.54, 1.807) is 25.3 Å². The number of hydrogen-bond acceptors (Lipinski definition) is 4. The summed E-state index contributed by atoms with van der Waals surface area (Å²) in [6, 6.07) is 14.5. The number of anilines is 2. The maximum atomic E-state index is 11.9. The van der Waals surface area contributed by atoms with Crippen LogP contribution in [0.3, 0.4) is 0 Å². The zero-order valence-electron chi connectivity index (χ0n) is 11.8. The number of ether oxygens (including phenoxy) is 2. The summed E-state index contributed by atoms with van der Waals surface area (Å²) in [6.07, 6.45) is 0.243. The topological polar surface area (TPSA) is 73.6 Å². The Morgan fingerprint density at radius 1 is 1.19 bits per heavy atom. The molecule has 0 unspecified atom stereocenters. The molecule has 0 atom stereocenters. The standard InChI is InChI=1S/C16H18N2O3/c1-20-15-8-7-12(17)11-14(15)18-16(19)9-10-21-13-5-3-2-4-6-13/h2-8,11H,9-10,17H2,1H3,(H,18,19). The number of nitrogen functional groups attached to an aromatic ring is 1. The van der Waals surface area contributed by atoms with Gasteiger partial charge in [-0.15, -0.1) is 0 Å². The molecule has 0 radical (unpaired) electrons. The summed E-state index contributed by atoms with van der Waals surface area (Å²) in [5, 5.41) is 2.76. The van der Waals surface area contributed by atoms with Crippen molar-refractivity contribution < 1.29 is 14.3 Å². The van der Waals surface area contributed by atoms with Crippen LogP contribution in [0, 0.1) is 0 Å². The quantitative estimate of drug-likeness (QED) is 0.801. The average Bonchev–Trinajstić information content (AvgIpc) is 2.48. The van der Waals surface area contributed by atoms with Gasteiger partial charge in [-0.3, -0.25) is 4.79 Å². The molecule has 0 fully saturated rings. The average molecular weight is 286 g/mol. The van der Waals surface area contributed by atoms with Gasteiger partial charge in [0.15, 0.2) is 0 Å². The first-order chi connectivity index (χ1) is 10.2. The van der Waals surface area contributed by atoms with Gasteiger partial charge >= 0.3 is 0 Å². The molecular formula is C16H18N2O3. The number of methoxy groups -OCH3 is 1. The number of benzene rings is 2. The van der Waals surface area contributed by atoms with E-state index in [2.05, 4.69) is 5.32 Å². The van der Waals surface area contributed by atoms with E-state index in [-0.39, 0.29) is 12.3 Å². The molecule has 5 nitrogen and oxygen atoms in total. The molecule has 2 aromatic carbocycles. The number of para-hydroxylation sites is 1. The van der Waals surface area contributed by atoms with Gasteiger partial charge in [0, 0.05) is 5.69 Å². The maximum Gasteiger partial charge on any atom is 0.227 e. The van der Waals surface area contributed by atoms with Crippen LogP contribution in [0.2, 0.25) is 0 Å². The fourth-order valence-electron chi connectivity index (χ4n) is 1.81. The van der Waals surface area contributed by atoms with Crippen molar-refractivity contribution in [2.75, 3.05) is 24.8 Å². The highest BCUT2D eigenvalue weighted by molar-refractivity contribution is 5.92. The monoisotopic (exact) mass is 286 g/mol. The predicted octanol–water partition coefficient (Wildman–Crippen LogP) is 2.69. The van der Waals surface area contributed by atoms with Crippen molar-refractivity contribution in [3.8, 4) is 11.5 Å². The highest BCUT2D eigenvalue weighted by Crippen LogP contribution is 2.26. The van der Waals surface area contributed by atoms with E-state index in [0.29, 0.717) is 23.7 Å². The molecule has 110 valence electrons. The highest BCUT2D eigenvalue weighted by atomic mass is 16.5. The first kappa shape index (κ1) is 14.7. The van der Waals surface area contributed by atoms with Crippen LogP contribution in [0.15, 0.2) is 48.5 Å². The number of carbonyl (C=O) groups excluding carboxylic acids is 1. The Bertz CT molecular complexity index is 600. The molecule has 0 aliphatic rings. The SMILES string of the molecule is COc1ccc(N)cc1NC(=O)CCOc1ccccc1. The highest BCUT2D eigenvalue weighted by Gasteiger charge is 2.08. The van der Waals surface area contributed by atoms with Crippen molar-refractivity contribution in [3.63, 3.8) is 0 Å². The van der Waals surface area contributed by atoms with Gasteiger partial charge in [-0.1, -0.05) is 18.2 Å². The Hall–Kier alpha value is -2.69. The van der Waals surface area contributed by atoms with E-state index in [1.807, 2.05) is 30.3 Å². The third kappa shape index (κ3) is 4.42. The van der Waals surface area contributed by atoms with E-state index in [4.69, 9.17) is 15.2 Å². The molecule has 1 amide bonds. The molecule has 3 N–H and O–H groups in total. The van der Waals surface area contributed by atoms with E-state index in [0.717, 1.165) is 5.75 Å². The third-order valence-corrected chi connectivity index (χ3v) is 2.84. The Labute approximate surface area is 123 Å². The molecule has 0 heterocycles. The molecule has 0 aliphatic heterocycles. The Kier molecular flexibility index (Phi) is 5.04. The second-order valence-corrected chi connectivity index (χ2v) is 4.42. The van der Waals surface area contributed by atoms with E-state index >= 15 is 0 Å². The Morgan fingerprint density at radius 2 is 1.95 bits per heavy atom. The lowest BCUT2D eigenvalue weighted by molar-refractivity contribution is -0.116. The first-order valence-corrected chi connectivity index (χ1v) is 6.60. The number of amides is 1. The van der Waals surface area contributed by atoms with Crippen molar-refractivity contribution in [1.29, 1.82) is 0 Å². The van der Waals surface area contributed by atoms with Gasteiger partial charge in [0.1, 0.15) is 11.5 Å². The molecule has 0 bridgehead atoms. The van der Waals surface area contributed by atoms with Crippen LogP contribution < -0.4 is 20.5 Å². The smallest absolute Gasteiger partial charge is 0.227 e. The number of rotatable bonds is 6. The summed E-state index contributed by atoms with van der Waals surface area (Å²) >= 11 is 0. The maximum absolute atomic E-state index is 11.9. The molecule has 0 aromatic heterocycles. The van der Waals surface area contributed by atoms with Gasteiger partial charge in [-0.25, -0.2) is 0 Å². The van der Waals surface area contributed by atoms with E-state index in [9.17, 15) is 4.79 Å². The van der Waals surface area contributed by atoms with E-state index < -0.39 is 0 Å². The van der Waals surface area contributed by atoms with Crippen LogP contribution in [0.5, 0.6) is 11.5 Å². The lowest BCUT2D eigenvalue weighted by atomic mass is 10.2. The number of hydrogen-bond donors (Lipinski definition) is 2. The summed E-state index contributed by atoms with van der Waals surface area (Å²) in [7, 11) is 1.54. The number of nitrogens with one attached hydrogen (secondary N) is 1. The largest absolute Gasteiger partial charge is 0.495 e. The molecule has 2 rings (SSSR count). The second kappa shape index (κ2) is 7.19. The first-order valence-electron chi connectivity index (χ1n) is 6.60. The van der Waals surface area contributed by atoms with Crippen LogP contribution in [-0.4, -0.2) is 19.6 Å². The Balaban J connectivity index is 1.86. The minimum Gasteiger partial charge on any atom is -0.495 e. The van der Waals surface area contributed by atoms with Crippen molar-refractivity contribution in [1.82, 2.24) is 0 Å². The van der Waals surface area contributed by atoms with E-state index in [1.165, 1.54) is 0 Å². The molecule has 21 heavy (non-hydrogen) atoms. The summed E-state index contributed by atoms with van der Waals surface area (Å²) < 4.78 is 10.7. The van der Waals surface area contributed by atoms with Crippen LogP contribution in [0.1, 0.15) is 6.42 Å². The molecule has 0 spiro atoms. The van der Waals surface area contributed by atoms with Crippen LogP contribution >= 0.6 is 0 Å². The van der Waals surface area contributed by atoms with Crippen molar-refractivity contribution in [2.24, 2.45) is 0 Å². The minimum absolute atomic E-state index is 0.158. The number of carbonyl (C=O) groups is 1. The van der Waals surface area contributed by atoms with Gasteiger partial charge in [0.05, 0.1) is 25.8 Å². The van der Waals surface area contributed by atoms with Gasteiger partial charge in [0.2, 0.25) is 5.91 Å². The van der Waals surface area contributed by atoms with Crippen molar-refractivity contribution in [2.45, 2.75) is 6.42 Å². The fraction of sp³-hybridized carbons (Fsp3) is 0.188. The molecule has 0 saturated carbocycles. The fourth-order valence-corrected chi connectivity index (χ4v) is 1.81. The van der Waals surface area contributed by atoms with Gasteiger partial charge in [-0.2, -0.15) is 0 Å². The van der Waals surface area contributed by atoms with Crippen molar-refractivity contribution >= 4 is 17.3 Å². The van der Waals surface area contributed by atoms with Crippen LogP contribution in [0.4, 0.5) is 11.4 Å². The zero-order chi connectivity index (χ0) is 15.1. The van der Waals surface area contributed by atoms with Gasteiger partial charge in [0.25, 0.3) is 0 Å². The summed E-state index contributed by atoms with van der Waals surface area (Å²) in [6.45, 7) is 0.306. The number of nitrogens with two attached hydrogens (primary N) is 1. The van der Waals surface area contributed by atoms with Crippen LogP contribution in [-0.2, 0) is 4.79 Å². The normalized spacial score (nSPS) is 9.95. The molecule has 5 heteroatoms.